The second-order valence-electron chi connectivity index (χ2n) is 4.95. The summed E-state index contributed by atoms with van der Waals surface area (Å²) in [5.74, 6) is -0.608. The fourth-order valence-electron chi connectivity index (χ4n) is 2.08. The van der Waals surface area contributed by atoms with Crippen molar-refractivity contribution in [3.8, 4) is 5.75 Å². The van der Waals surface area contributed by atoms with Gasteiger partial charge in [0.1, 0.15) is 0 Å². The maximum Gasteiger partial charge on any atom is 0.409 e. The number of carbonyl (C=O) groups is 2. The van der Waals surface area contributed by atoms with Gasteiger partial charge in [0, 0.05) is 12.1 Å². The number of halogens is 1. The summed E-state index contributed by atoms with van der Waals surface area (Å²) in [4.78, 5) is 21.4. The van der Waals surface area contributed by atoms with Crippen molar-refractivity contribution in [3.05, 3.63) is 58.9 Å². The highest BCUT2D eigenvalue weighted by Gasteiger charge is 2.11. The number of aryl methyl sites for hydroxylation is 1. The second-order valence-corrected chi connectivity index (χ2v) is 4.95. The molecule has 0 aliphatic heterocycles. The molecular formula is C17H16FNO4. The molecule has 0 bridgehead atoms. The van der Waals surface area contributed by atoms with Crippen LogP contribution in [0.2, 0.25) is 0 Å². The largest absolute Gasteiger partial charge is 0.490 e. The molecule has 0 spiro atoms. The Bertz CT molecular complexity index is 713. The summed E-state index contributed by atoms with van der Waals surface area (Å²) in [6.07, 6.45) is -0.120. The van der Waals surface area contributed by atoms with Crippen LogP contribution in [0, 0.1) is 12.7 Å². The van der Waals surface area contributed by atoms with Crippen LogP contribution in [0.1, 0.15) is 21.5 Å². The minimum Gasteiger partial charge on any atom is -0.490 e. The lowest BCUT2D eigenvalue weighted by atomic mass is 10.1. The number of carbonyl (C=O) groups excluding carboxylic acids is 1. The molecule has 0 radical (unpaired) electrons. The zero-order chi connectivity index (χ0) is 16.8. The number of carboxylic acid groups (broad SMARTS) is 1. The number of ether oxygens (including phenoxy) is 1. The van der Waals surface area contributed by atoms with Crippen LogP contribution in [-0.4, -0.2) is 24.1 Å². The molecule has 0 saturated heterocycles. The van der Waals surface area contributed by atoms with Crippen molar-refractivity contribution in [2.45, 2.75) is 13.3 Å². The monoisotopic (exact) mass is 317 g/mol. The highest BCUT2D eigenvalue weighted by atomic mass is 19.1. The molecule has 0 aliphatic rings. The van der Waals surface area contributed by atoms with E-state index in [1.807, 2.05) is 0 Å². The Labute approximate surface area is 132 Å². The molecular weight excluding hydrogens is 301 g/mol. The maximum atomic E-state index is 14.0. The van der Waals surface area contributed by atoms with Crippen molar-refractivity contribution in [1.29, 1.82) is 0 Å². The summed E-state index contributed by atoms with van der Waals surface area (Å²) < 4.78 is 19.4. The van der Waals surface area contributed by atoms with Gasteiger partial charge in [-0.2, -0.15) is 0 Å². The van der Waals surface area contributed by atoms with Crippen LogP contribution in [0.3, 0.4) is 0 Å². The SMILES string of the molecule is Cc1ccc(OCCc2ccc(NC(=O)O)cc2)c(F)c1C=O. The van der Waals surface area contributed by atoms with E-state index in [4.69, 9.17) is 9.84 Å². The Morgan fingerprint density at radius 2 is 1.96 bits per heavy atom. The molecule has 2 N–H and O–H groups in total. The van der Waals surface area contributed by atoms with Gasteiger partial charge in [-0.25, -0.2) is 9.18 Å². The molecule has 1 amide bonds. The summed E-state index contributed by atoms with van der Waals surface area (Å²) in [5, 5.41) is 10.8. The molecule has 0 atom stereocenters. The third-order valence-corrected chi connectivity index (χ3v) is 3.33. The molecule has 5 nitrogen and oxygen atoms in total. The van der Waals surface area contributed by atoms with Crippen molar-refractivity contribution < 1.29 is 23.8 Å². The molecule has 0 aromatic heterocycles. The van der Waals surface area contributed by atoms with Gasteiger partial charge in [-0.3, -0.25) is 10.1 Å². The van der Waals surface area contributed by atoms with Crippen LogP contribution in [0.5, 0.6) is 5.75 Å². The minimum absolute atomic E-state index is 0.00611. The predicted molar refractivity (Wildman–Crippen MR) is 83.8 cm³/mol. The fourth-order valence-corrected chi connectivity index (χ4v) is 2.08. The third kappa shape index (κ3) is 4.29. The average molecular weight is 317 g/mol. The zero-order valence-corrected chi connectivity index (χ0v) is 12.5. The predicted octanol–water partition coefficient (Wildman–Crippen LogP) is 3.66. The molecule has 0 aliphatic carbocycles. The Balaban J connectivity index is 1.95. The van der Waals surface area contributed by atoms with Crippen LogP contribution < -0.4 is 10.1 Å². The van der Waals surface area contributed by atoms with Gasteiger partial charge in [0.15, 0.2) is 17.9 Å². The summed E-state index contributed by atoms with van der Waals surface area (Å²) >= 11 is 0. The van der Waals surface area contributed by atoms with E-state index in [-0.39, 0.29) is 17.9 Å². The molecule has 2 rings (SSSR count). The van der Waals surface area contributed by atoms with Crippen molar-refractivity contribution in [3.63, 3.8) is 0 Å². The van der Waals surface area contributed by atoms with E-state index in [1.165, 1.54) is 6.07 Å². The van der Waals surface area contributed by atoms with E-state index in [0.717, 1.165) is 5.56 Å². The standard InChI is InChI=1S/C17H16FNO4/c1-11-2-7-15(16(18)14(11)10-20)23-9-8-12-3-5-13(6-4-12)19-17(21)22/h2-7,10,19H,8-9H2,1H3,(H,21,22). The summed E-state index contributed by atoms with van der Waals surface area (Å²) in [6, 6.07) is 9.93. The van der Waals surface area contributed by atoms with Crippen LogP contribution in [-0.2, 0) is 6.42 Å². The minimum atomic E-state index is -1.12. The number of rotatable bonds is 6. The molecule has 0 unspecified atom stereocenters. The van der Waals surface area contributed by atoms with E-state index in [0.29, 0.717) is 24.0 Å². The maximum absolute atomic E-state index is 14.0. The number of amides is 1. The second kappa shape index (κ2) is 7.40. The van der Waals surface area contributed by atoms with Crippen molar-refractivity contribution in [1.82, 2.24) is 0 Å². The Hall–Kier alpha value is -2.89. The van der Waals surface area contributed by atoms with E-state index >= 15 is 0 Å². The number of hydrogen-bond donors (Lipinski definition) is 2. The number of hydrogen-bond acceptors (Lipinski definition) is 3. The van der Waals surface area contributed by atoms with E-state index in [2.05, 4.69) is 5.32 Å². The Kier molecular flexibility index (Phi) is 5.30. The van der Waals surface area contributed by atoms with Crippen LogP contribution in [0.15, 0.2) is 36.4 Å². The summed E-state index contributed by atoms with van der Waals surface area (Å²) in [6.45, 7) is 1.90. The van der Waals surface area contributed by atoms with Gasteiger partial charge in [-0.05, 0) is 36.2 Å². The smallest absolute Gasteiger partial charge is 0.409 e. The average Bonchev–Trinajstić information content (AvgIpc) is 2.51. The van der Waals surface area contributed by atoms with Crippen LogP contribution in [0.25, 0.3) is 0 Å². The molecule has 6 heteroatoms. The van der Waals surface area contributed by atoms with E-state index < -0.39 is 11.9 Å². The lowest BCUT2D eigenvalue weighted by Gasteiger charge is -2.10. The quantitative estimate of drug-likeness (QED) is 0.797. The van der Waals surface area contributed by atoms with Gasteiger partial charge in [-0.15, -0.1) is 0 Å². The molecule has 2 aromatic rings. The van der Waals surface area contributed by atoms with E-state index in [1.54, 1.807) is 37.3 Å². The van der Waals surface area contributed by atoms with Gasteiger partial charge >= 0.3 is 6.09 Å². The fraction of sp³-hybridized carbons (Fsp3) is 0.176. The third-order valence-electron chi connectivity index (χ3n) is 3.33. The number of aldehydes is 1. The first-order valence-corrected chi connectivity index (χ1v) is 6.97. The highest BCUT2D eigenvalue weighted by Crippen LogP contribution is 2.22. The molecule has 120 valence electrons. The molecule has 0 heterocycles. The van der Waals surface area contributed by atoms with Gasteiger partial charge in [0.2, 0.25) is 0 Å². The lowest BCUT2D eigenvalue weighted by Crippen LogP contribution is -2.07. The highest BCUT2D eigenvalue weighted by molar-refractivity contribution is 5.82. The van der Waals surface area contributed by atoms with E-state index in [9.17, 15) is 14.0 Å². The van der Waals surface area contributed by atoms with Gasteiger partial charge in [0.05, 0.1) is 12.2 Å². The van der Waals surface area contributed by atoms with Crippen LogP contribution >= 0.6 is 0 Å². The summed E-state index contributed by atoms with van der Waals surface area (Å²) in [7, 11) is 0. The Morgan fingerprint density at radius 1 is 1.26 bits per heavy atom. The first-order valence-electron chi connectivity index (χ1n) is 6.97. The van der Waals surface area contributed by atoms with Gasteiger partial charge in [-0.1, -0.05) is 18.2 Å². The van der Waals surface area contributed by atoms with Gasteiger partial charge in [0.25, 0.3) is 0 Å². The molecule has 2 aromatic carbocycles. The lowest BCUT2D eigenvalue weighted by molar-refractivity contribution is 0.111. The number of benzene rings is 2. The number of nitrogens with one attached hydrogen (secondary N) is 1. The van der Waals surface area contributed by atoms with Crippen molar-refractivity contribution in [2.24, 2.45) is 0 Å². The van der Waals surface area contributed by atoms with Crippen molar-refractivity contribution >= 4 is 18.1 Å². The van der Waals surface area contributed by atoms with Crippen molar-refractivity contribution in [2.75, 3.05) is 11.9 Å². The first-order chi connectivity index (χ1) is 11.0. The number of anilines is 1. The normalized spacial score (nSPS) is 10.2. The first kappa shape index (κ1) is 16.5. The molecule has 0 saturated carbocycles. The molecule has 0 fully saturated rings. The zero-order valence-electron chi connectivity index (χ0n) is 12.5. The summed E-state index contributed by atoms with van der Waals surface area (Å²) in [5.41, 5.74) is 1.96. The molecule has 23 heavy (non-hydrogen) atoms. The Morgan fingerprint density at radius 3 is 2.57 bits per heavy atom. The topological polar surface area (TPSA) is 75.6 Å². The van der Waals surface area contributed by atoms with Gasteiger partial charge < -0.3 is 9.84 Å². The van der Waals surface area contributed by atoms with Crippen LogP contribution in [0.4, 0.5) is 14.9 Å².